The molecule has 0 spiro atoms. The van der Waals surface area contributed by atoms with Crippen molar-refractivity contribution in [1.29, 1.82) is 0 Å². The van der Waals surface area contributed by atoms with Crippen LogP contribution in [-0.2, 0) is 16.1 Å². The van der Waals surface area contributed by atoms with Crippen LogP contribution in [0.2, 0.25) is 0 Å². The third kappa shape index (κ3) is 5.20. The van der Waals surface area contributed by atoms with Gasteiger partial charge in [-0.05, 0) is 30.3 Å². The molecular formula is C19H18N4O3. The molecule has 0 radical (unpaired) electrons. The smallest absolute Gasteiger partial charge is 0.262 e. The molecule has 1 aromatic heterocycles. The highest BCUT2D eigenvalue weighted by molar-refractivity contribution is 5.92. The maximum atomic E-state index is 12.0. The highest BCUT2D eigenvalue weighted by Crippen LogP contribution is 2.17. The first-order valence-corrected chi connectivity index (χ1v) is 8.04. The van der Waals surface area contributed by atoms with E-state index in [1.807, 2.05) is 18.2 Å². The molecule has 0 aliphatic carbocycles. The molecule has 0 aliphatic heterocycles. The minimum Gasteiger partial charge on any atom is -0.484 e. The number of hydrogen-bond acceptors (Lipinski definition) is 4. The van der Waals surface area contributed by atoms with E-state index in [-0.39, 0.29) is 25.0 Å². The van der Waals surface area contributed by atoms with E-state index < -0.39 is 0 Å². The summed E-state index contributed by atoms with van der Waals surface area (Å²) >= 11 is 0. The van der Waals surface area contributed by atoms with Gasteiger partial charge in [0.15, 0.2) is 6.61 Å². The van der Waals surface area contributed by atoms with E-state index in [1.165, 1.54) is 4.68 Å². The molecule has 3 rings (SSSR count). The number of rotatable bonds is 7. The van der Waals surface area contributed by atoms with Crippen LogP contribution in [0, 0.1) is 0 Å². The molecule has 0 atom stereocenters. The standard InChI is InChI=1S/C19H18N4O3/c24-18(13-23-11-5-10-20-23)22-16-8-4-9-17(12-16)26-14-19(25)21-15-6-2-1-3-7-15/h1-12H,13-14H2,(H,21,25)(H,22,24). The zero-order valence-corrected chi connectivity index (χ0v) is 14.0. The molecule has 0 saturated carbocycles. The number of nitrogens with zero attached hydrogens (tertiary/aromatic N) is 2. The Morgan fingerprint density at radius 3 is 2.46 bits per heavy atom. The van der Waals surface area contributed by atoms with Crippen LogP contribution in [0.1, 0.15) is 0 Å². The summed E-state index contributed by atoms with van der Waals surface area (Å²) < 4.78 is 7.02. The summed E-state index contributed by atoms with van der Waals surface area (Å²) in [5.74, 6) is 0.0297. The van der Waals surface area contributed by atoms with Gasteiger partial charge < -0.3 is 15.4 Å². The topological polar surface area (TPSA) is 85.2 Å². The first-order chi connectivity index (χ1) is 12.7. The summed E-state index contributed by atoms with van der Waals surface area (Å²) in [6.45, 7) is -0.00283. The number of anilines is 2. The molecule has 0 bridgehead atoms. The molecule has 0 saturated heterocycles. The quantitative estimate of drug-likeness (QED) is 0.686. The van der Waals surface area contributed by atoms with Crippen LogP contribution < -0.4 is 15.4 Å². The van der Waals surface area contributed by atoms with Gasteiger partial charge in [-0.15, -0.1) is 0 Å². The van der Waals surface area contributed by atoms with E-state index in [4.69, 9.17) is 4.74 Å². The fourth-order valence-electron chi connectivity index (χ4n) is 2.27. The molecule has 0 unspecified atom stereocenters. The fourth-order valence-corrected chi connectivity index (χ4v) is 2.27. The molecule has 7 nitrogen and oxygen atoms in total. The van der Waals surface area contributed by atoms with Crippen molar-refractivity contribution in [3.8, 4) is 5.75 Å². The molecule has 7 heteroatoms. The Labute approximate surface area is 150 Å². The van der Waals surface area contributed by atoms with Gasteiger partial charge in [0.1, 0.15) is 12.3 Å². The fraction of sp³-hybridized carbons (Fsp3) is 0.105. The van der Waals surface area contributed by atoms with Gasteiger partial charge in [0, 0.05) is 29.8 Å². The number of ether oxygens (including phenoxy) is 1. The van der Waals surface area contributed by atoms with Crippen molar-refractivity contribution in [1.82, 2.24) is 9.78 Å². The summed E-state index contributed by atoms with van der Waals surface area (Å²) in [5.41, 5.74) is 1.30. The van der Waals surface area contributed by atoms with Crippen molar-refractivity contribution >= 4 is 23.2 Å². The molecule has 132 valence electrons. The molecule has 3 aromatic rings. The Bertz CT molecular complexity index is 864. The van der Waals surface area contributed by atoms with Crippen molar-refractivity contribution in [2.45, 2.75) is 6.54 Å². The minimum absolute atomic E-state index is 0.123. The summed E-state index contributed by atoms with van der Waals surface area (Å²) in [5, 5.41) is 9.49. The van der Waals surface area contributed by atoms with Crippen molar-refractivity contribution in [2.75, 3.05) is 17.2 Å². The SMILES string of the molecule is O=C(COc1cccc(NC(=O)Cn2cccn2)c1)Nc1ccccc1. The van der Waals surface area contributed by atoms with E-state index in [0.717, 1.165) is 0 Å². The van der Waals surface area contributed by atoms with Crippen molar-refractivity contribution in [3.63, 3.8) is 0 Å². The Kier molecular flexibility index (Phi) is 5.61. The second kappa shape index (κ2) is 8.48. The van der Waals surface area contributed by atoms with Crippen LogP contribution in [-0.4, -0.2) is 28.2 Å². The normalized spacial score (nSPS) is 10.2. The van der Waals surface area contributed by atoms with Crippen LogP contribution in [0.4, 0.5) is 11.4 Å². The summed E-state index contributed by atoms with van der Waals surface area (Å²) in [4.78, 5) is 23.9. The zero-order chi connectivity index (χ0) is 18.2. The van der Waals surface area contributed by atoms with E-state index in [0.29, 0.717) is 17.1 Å². The third-order valence-electron chi connectivity index (χ3n) is 3.41. The predicted molar refractivity (Wildman–Crippen MR) is 97.9 cm³/mol. The van der Waals surface area contributed by atoms with E-state index in [2.05, 4.69) is 15.7 Å². The van der Waals surface area contributed by atoms with E-state index in [1.54, 1.807) is 54.9 Å². The molecule has 2 N–H and O–H groups in total. The average molecular weight is 350 g/mol. The number of aromatic nitrogens is 2. The van der Waals surface area contributed by atoms with E-state index in [9.17, 15) is 9.59 Å². The van der Waals surface area contributed by atoms with Gasteiger partial charge in [-0.2, -0.15) is 5.10 Å². The molecule has 1 heterocycles. The Hall–Kier alpha value is -3.61. The van der Waals surface area contributed by atoms with Gasteiger partial charge in [0.2, 0.25) is 5.91 Å². The van der Waals surface area contributed by atoms with Gasteiger partial charge in [-0.25, -0.2) is 0 Å². The number of amides is 2. The lowest BCUT2D eigenvalue weighted by atomic mass is 10.3. The Morgan fingerprint density at radius 1 is 0.923 bits per heavy atom. The number of benzene rings is 2. The van der Waals surface area contributed by atoms with Crippen molar-refractivity contribution < 1.29 is 14.3 Å². The number of nitrogens with one attached hydrogen (secondary N) is 2. The highest BCUT2D eigenvalue weighted by atomic mass is 16.5. The van der Waals surface area contributed by atoms with Crippen LogP contribution in [0.5, 0.6) is 5.75 Å². The number of carbonyl (C=O) groups is 2. The van der Waals surface area contributed by atoms with Gasteiger partial charge in [0.25, 0.3) is 5.91 Å². The maximum absolute atomic E-state index is 12.0. The number of carbonyl (C=O) groups excluding carboxylic acids is 2. The van der Waals surface area contributed by atoms with E-state index >= 15 is 0 Å². The Morgan fingerprint density at radius 2 is 1.69 bits per heavy atom. The first-order valence-electron chi connectivity index (χ1n) is 8.04. The summed E-state index contributed by atoms with van der Waals surface area (Å²) in [7, 11) is 0. The molecule has 0 aliphatic rings. The largest absolute Gasteiger partial charge is 0.484 e. The molecule has 2 aromatic carbocycles. The van der Waals surface area contributed by atoms with Crippen LogP contribution in [0.25, 0.3) is 0 Å². The summed E-state index contributed by atoms with van der Waals surface area (Å²) in [6, 6.07) is 17.8. The average Bonchev–Trinajstić information content (AvgIpc) is 3.14. The maximum Gasteiger partial charge on any atom is 0.262 e. The third-order valence-corrected chi connectivity index (χ3v) is 3.41. The Balaban J connectivity index is 1.50. The second-order valence-corrected chi connectivity index (χ2v) is 5.48. The molecular weight excluding hydrogens is 332 g/mol. The van der Waals surface area contributed by atoms with Crippen LogP contribution >= 0.6 is 0 Å². The van der Waals surface area contributed by atoms with Gasteiger partial charge in [0.05, 0.1) is 0 Å². The number of hydrogen-bond donors (Lipinski definition) is 2. The zero-order valence-electron chi connectivity index (χ0n) is 14.0. The monoisotopic (exact) mass is 350 g/mol. The van der Waals surface area contributed by atoms with Gasteiger partial charge >= 0.3 is 0 Å². The number of para-hydroxylation sites is 1. The van der Waals surface area contributed by atoms with Gasteiger partial charge in [-0.3, -0.25) is 14.3 Å². The summed E-state index contributed by atoms with van der Waals surface area (Å²) in [6.07, 6.45) is 3.33. The lowest BCUT2D eigenvalue weighted by Crippen LogP contribution is -2.20. The van der Waals surface area contributed by atoms with Crippen molar-refractivity contribution in [3.05, 3.63) is 73.1 Å². The minimum atomic E-state index is -0.260. The second-order valence-electron chi connectivity index (χ2n) is 5.48. The van der Waals surface area contributed by atoms with Crippen LogP contribution in [0.3, 0.4) is 0 Å². The molecule has 26 heavy (non-hydrogen) atoms. The lowest BCUT2D eigenvalue weighted by molar-refractivity contribution is -0.118. The van der Waals surface area contributed by atoms with Crippen molar-refractivity contribution in [2.24, 2.45) is 0 Å². The van der Waals surface area contributed by atoms with Gasteiger partial charge in [-0.1, -0.05) is 24.3 Å². The lowest BCUT2D eigenvalue weighted by Gasteiger charge is -2.10. The van der Waals surface area contributed by atoms with Crippen LogP contribution in [0.15, 0.2) is 73.1 Å². The predicted octanol–water partition coefficient (Wildman–Crippen LogP) is 2.54. The highest BCUT2D eigenvalue weighted by Gasteiger charge is 2.06. The first kappa shape index (κ1) is 17.2. The molecule has 0 fully saturated rings. The molecule has 2 amide bonds.